The smallest absolute Gasteiger partial charge is 0.339 e. The maximum absolute atomic E-state index is 11.2. The highest BCUT2D eigenvalue weighted by atomic mass is 16.4. The number of piperazine rings is 1. The zero-order chi connectivity index (χ0) is 15.6. The van der Waals surface area contributed by atoms with E-state index in [-0.39, 0.29) is 11.5 Å². The molecule has 1 aliphatic heterocycles. The highest BCUT2D eigenvalue weighted by Crippen LogP contribution is 2.18. The largest absolute Gasteiger partial charge is 0.478 e. The molecule has 2 heterocycles. The van der Waals surface area contributed by atoms with Crippen molar-refractivity contribution in [2.75, 3.05) is 33.7 Å². The monoisotopic (exact) mass is 292 g/mol. The van der Waals surface area contributed by atoms with E-state index in [2.05, 4.69) is 33.9 Å². The molecule has 0 bridgehead atoms. The van der Waals surface area contributed by atoms with Crippen LogP contribution >= 0.6 is 0 Å². The van der Waals surface area contributed by atoms with Crippen molar-refractivity contribution in [1.82, 2.24) is 19.8 Å². The van der Waals surface area contributed by atoms with E-state index in [1.165, 1.54) is 6.20 Å². The third-order valence-electron chi connectivity index (χ3n) is 4.04. The van der Waals surface area contributed by atoms with Gasteiger partial charge in [0.1, 0.15) is 5.82 Å². The fourth-order valence-electron chi connectivity index (χ4n) is 2.67. The second-order valence-electron chi connectivity index (χ2n) is 6.15. The van der Waals surface area contributed by atoms with Gasteiger partial charge in [-0.25, -0.2) is 14.8 Å². The van der Waals surface area contributed by atoms with Crippen molar-refractivity contribution in [1.29, 1.82) is 0 Å². The normalized spacial score (nSPS) is 20.9. The third-order valence-corrected chi connectivity index (χ3v) is 4.04. The van der Waals surface area contributed by atoms with Crippen LogP contribution in [0.4, 0.5) is 0 Å². The average molecular weight is 292 g/mol. The van der Waals surface area contributed by atoms with Gasteiger partial charge in [-0.05, 0) is 20.0 Å². The number of carboxylic acids is 1. The molecule has 1 N–H and O–H groups in total. The number of nitrogens with zero attached hydrogens (tertiary/aromatic N) is 4. The zero-order valence-electron chi connectivity index (χ0n) is 13.2. The summed E-state index contributed by atoms with van der Waals surface area (Å²) < 4.78 is 0. The standard InChI is InChI=1S/C15H24N4O2/c1-10(2)14-12(15(20)21)8-16-13(17-14)7-11-9-18(3)5-6-19(11)4/h8,10-11H,5-7,9H2,1-4H3,(H,20,21). The molecule has 0 saturated carbocycles. The first-order valence-corrected chi connectivity index (χ1v) is 7.36. The van der Waals surface area contributed by atoms with Gasteiger partial charge in [-0.3, -0.25) is 0 Å². The van der Waals surface area contributed by atoms with Gasteiger partial charge in [-0.15, -0.1) is 0 Å². The SMILES string of the molecule is CC(C)c1nc(CC2CN(C)CCN2C)ncc1C(=O)O. The highest BCUT2D eigenvalue weighted by Gasteiger charge is 2.24. The summed E-state index contributed by atoms with van der Waals surface area (Å²) in [5, 5.41) is 9.21. The Morgan fingerprint density at radius 2 is 2.14 bits per heavy atom. The van der Waals surface area contributed by atoms with Crippen molar-refractivity contribution in [3.05, 3.63) is 23.3 Å². The lowest BCUT2D eigenvalue weighted by atomic mass is 10.0. The Kier molecular flexibility index (Phi) is 4.90. The van der Waals surface area contributed by atoms with E-state index in [1.807, 2.05) is 13.8 Å². The Balaban J connectivity index is 2.20. The van der Waals surface area contributed by atoms with E-state index in [4.69, 9.17) is 0 Å². The molecule has 1 aliphatic rings. The Bertz CT molecular complexity index is 518. The summed E-state index contributed by atoms with van der Waals surface area (Å²) in [6.07, 6.45) is 2.20. The first kappa shape index (κ1) is 15.9. The predicted octanol–water partition coefficient (Wildman–Crippen LogP) is 1.09. The van der Waals surface area contributed by atoms with Gasteiger partial charge < -0.3 is 14.9 Å². The molecular formula is C15H24N4O2. The van der Waals surface area contributed by atoms with Crippen molar-refractivity contribution < 1.29 is 9.90 Å². The molecule has 6 heteroatoms. The maximum Gasteiger partial charge on any atom is 0.339 e. The quantitative estimate of drug-likeness (QED) is 0.896. The van der Waals surface area contributed by atoms with E-state index < -0.39 is 5.97 Å². The zero-order valence-corrected chi connectivity index (χ0v) is 13.2. The maximum atomic E-state index is 11.2. The molecule has 1 atom stereocenters. The van der Waals surface area contributed by atoms with Gasteiger partial charge in [-0.2, -0.15) is 0 Å². The Morgan fingerprint density at radius 1 is 1.43 bits per heavy atom. The van der Waals surface area contributed by atoms with Crippen LogP contribution < -0.4 is 0 Å². The molecular weight excluding hydrogens is 268 g/mol. The number of carbonyl (C=O) groups is 1. The number of carboxylic acid groups (broad SMARTS) is 1. The van der Waals surface area contributed by atoms with Crippen LogP contribution in [0.5, 0.6) is 0 Å². The van der Waals surface area contributed by atoms with Crippen LogP contribution in [0.2, 0.25) is 0 Å². The van der Waals surface area contributed by atoms with E-state index in [0.29, 0.717) is 11.7 Å². The van der Waals surface area contributed by atoms with Crippen LogP contribution in [-0.4, -0.2) is 70.6 Å². The molecule has 1 fully saturated rings. The summed E-state index contributed by atoms with van der Waals surface area (Å²) in [7, 11) is 4.24. The molecule has 116 valence electrons. The molecule has 0 radical (unpaired) electrons. The van der Waals surface area contributed by atoms with Crippen molar-refractivity contribution in [3.63, 3.8) is 0 Å². The minimum atomic E-state index is -0.959. The van der Waals surface area contributed by atoms with Crippen LogP contribution in [0.25, 0.3) is 0 Å². The summed E-state index contributed by atoms with van der Waals surface area (Å²) in [6.45, 7) is 7.00. The number of hydrogen-bond donors (Lipinski definition) is 1. The first-order valence-electron chi connectivity index (χ1n) is 7.36. The van der Waals surface area contributed by atoms with E-state index in [9.17, 15) is 9.90 Å². The van der Waals surface area contributed by atoms with Crippen LogP contribution in [-0.2, 0) is 6.42 Å². The van der Waals surface area contributed by atoms with Gasteiger partial charge >= 0.3 is 5.97 Å². The lowest BCUT2D eigenvalue weighted by molar-refractivity contribution is 0.0694. The second-order valence-corrected chi connectivity index (χ2v) is 6.15. The van der Waals surface area contributed by atoms with Gasteiger partial charge in [0.15, 0.2) is 0 Å². The molecule has 6 nitrogen and oxygen atoms in total. The van der Waals surface area contributed by atoms with Crippen LogP contribution in [0.15, 0.2) is 6.20 Å². The molecule has 2 rings (SSSR count). The number of rotatable bonds is 4. The number of aromatic carboxylic acids is 1. The summed E-state index contributed by atoms with van der Waals surface area (Å²) in [4.78, 5) is 24.6. The molecule has 1 aromatic rings. The molecule has 0 aliphatic carbocycles. The Labute approximate surface area is 125 Å². The molecule has 0 spiro atoms. The topological polar surface area (TPSA) is 69.6 Å². The van der Waals surface area contributed by atoms with Gasteiger partial charge in [0.2, 0.25) is 0 Å². The summed E-state index contributed by atoms with van der Waals surface area (Å²) >= 11 is 0. The van der Waals surface area contributed by atoms with Gasteiger partial charge in [-0.1, -0.05) is 13.8 Å². The minimum Gasteiger partial charge on any atom is -0.478 e. The molecule has 0 amide bonds. The fraction of sp³-hybridized carbons (Fsp3) is 0.667. The van der Waals surface area contributed by atoms with Crippen LogP contribution in [0, 0.1) is 0 Å². The average Bonchev–Trinajstić information content (AvgIpc) is 2.42. The number of hydrogen-bond acceptors (Lipinski definition) is 5. The van der Waals surface area contributed by atoms with Crippen molar-refractivity contribution in [2.24, 2.45) is 0 Å². The lowest BCUT2D eigenvalue weighted by Gasteiger charge is -2.37. The van der Waals surface area contributed by atoms with Crippen LogP contribution in [0.3, 0.4) is 0 Å². The van der Waals surface area contributed by atoms with Crippen molar-refractivity contribution in [2.45, 2.75) is 32.2 Å². The number of aromatic nitrogens is 2. The fourth-order valence-corrected chi connectivity index (χ4v) is 2.67. The van der Waals surface area contributed by atoms with Gasteiger partial charge in [0, 0.05) is 38.3 Å². The number of likely N-dealkylation sites (N-methyl/N-ethyl adjacent to an activating group) is 2. The lowest BCUT2D eigenvalue weighted by Crippen LogP contribution is -2.51. The van der Waals surface area contributed by atoms with E-state index >= 15 is 0 Å². The second kappa shape index (κ2) is 6.49. The summed E-state index contributed by atoms with van der Waals surface area (Å²) in [5.74, 6) is -0.153. The van der Waals surface area contributed by atoms with Gasteiger partial charge in [0.25, 0.3) is 0 Å². The summed E-state index contributed by atoms with van der Waals surface area (Å²) in [5.41, 5.74) is 0.835. The molecule has 21 heavy (non-hydrogen) atoms. The minimum absolute atomic E-state index is 0.0737. The first-order chi connectivity index (χ1) is 9.88. The predicted molar refractivity (Wildman–Crippen MR) is 80.7 cm³/mol. The van der Waals surface area contributed by atoms with Crippen LogP contribution in [0.1, 0.15) is 41.6 Å². The molecule has 1 unspecified atom stereocenters. The van der Waals surface area contributed by atoms with Crippen molar-refractivity contribution >= 4 is 5.97 Å². The molecule has 0 aromatic carbocycles. The van der Waals surface area contributed by atoms with E-state index in [1.54, 1.807) is 0 Å². The van der Waals surface area contributed by atoms with E-state index in [0.717, 1.165) is 31.9 Å². The third kappa shape index (κ3) is 3.77. The van der Waals surface area contributed by atoms with Gasteiger partial charge in [0.05, 0.1) is 11.3 Å². The van der Waals surface area contributed by atoms with Crippen molar-refractivity contribution in [3.8, 4) is 0 Å². The molecule has 1 aromatic heterocycles. The highest BCUT2D eigenvalue weighted by molar-refractivity contribution is 5.88. The molecule has 1 saturated heterocycles. The summed E-state index contributed by atoms with van der Waals surface area (Å²) in [6, 6.07) is 0.374. The Hall–Kier alpha value is -1.53. The Morgan fingerprint density at radius 3 is 2.76 bits per heavy atom.